The summed E-state index contributed by atoms with van der Waals surface area (Å²) in [5, 5.41) is 0. The molecule has 0 aromatic heterocycles. The Bertz CT molecular complexity index is 265. The van der Waals surface area contributed by atoms with Crippen molar-refractivity contribution in [3.05, 3.63) is 21.1 Å². The number of hydrogen-bond donors (Lipinski definition) is 1. The Hall–Kier alpha value is -0.220. The van der Waals surface area contributed by atoms with E-state index in [0.717, 1.165) is 14.7 Å². The molecule has 0 saturated carbocycles. The normalized spacial score (nSPS) is 9.92. The Morgan fingerprint density at radius 1 is 1.33 bits per heavy atom. The summed E-state index contributed by atoms with van der Waals surface area (Å²) in [6, 6.07) is 3.63. The van der Waals surface area contributed by atoms with Crippen LogP contribution in [0.2, 0.25) is 0 Å². The Labute approximate surface area is 88.3 Å². The molecule has 0 unspecified atom stereocenters. The second-order valence-electron chi connectivity index (χ2n) is 2.25. The third-order valence-electron chi connectivity index (χ3n) is 1.31. The van der Waals surface area contributed by atoms with E-state index in [2.05, 4.69) is 31.9 Å². The number of nitrogens with two attached hydrogens (primary N) is 1. The average molecular weight is 295 g/mol. The van der Waals surface area contributed by atoms with Gasteiger partial charge in [0.15, 0.2) is 0 Å². The summed E-state index contributed by atoms with van der Waals surface area (Å²) in [7, 11) is 0. The van der Waals surface area contributed by atoms with E-state index < -0.39 is 0 Å². The maximum absolute atomic E-state index is 5.61. The summed E-state index contributed by atoms with van der Waals surface area (Å²) in [6.45, 7) is 2.58. The molecule has 0 spiro atoms. The van der Waals surface area contributed by atoms with Gasteiger partial charge in [0.1, 0.15) is 5.75 Å². The lowest BCUT2D eigenvalue weighted by molar-refractivity contribution is 0.336. The van der Waals surface area contributed by atoms with Crippen molar-refractivity contribution in [3.8, 4) is 5.75 Å². The highest BCUT2D eigenvalue weighted by Gasteiger charge is 2.06. The fourth-order valence-electron chi connectivity index (χ4n) is 0.862. The van der Waals surface area contributed by atoms with Gasteiger partial charge in [-0.1, -0.05) is 0 Å². The first-order chi connectivity index (χ1) is 5.65. The van der Waals surface area contributed by atoms with Crippen molar-refractivity contribution in [2.24, 2.45) is 0 Å². The highest BCUT2D eigenvalue weighted by Crippen LogP contribution is 2.35. The van der Waals surface area contributed by atoms with E-state index in [1.54, 1.807) is 0 Å². The molecule has 0 fully saturated rings. The van der Waals surface area contributed by atoms with Gasteiger partial charge < -0.3 is 10.5 Å². The van der Waals surface area contributed by atoms with E-state index in [9.17, 15) is 0 Å². The third-order valence-corrected chi connectivity index (χ3v) is 2.49. The summed E-state index contributed by atoms with van der Waals surface area (Å²) in [5.41, 5.74) is 6.31. The molecule has 2 N–H and O–H groups in total. The second kappa shape index (κ2) is 4.14. The van der Waals surface area contributed by atoms with Gasteiger partial charge in [-0.3, -0.25) is 0 Å². The van der Waals surface area contributed by atoms with Crippen molar-refractivity contribution in [2.45, 2.75) is 6.92 Å². The maximum Gasteiger partial charge on any atom is 0.147 e. The van der Waals surface area contributed by atoms with Gasteiger partial charge in [-0.15, -0.1) is 0 Å². The first-order valence-corrected chi connectivity index (χ1v) is 5.11. The van der Waals surface area contributed by atoms with Crippen LogP contribution in [0.3, 0.4) is 0 Å². The van der Waals surface area contributed by atoms with Crippen LogP contribution in [0.15, 0.2) is 21.1 Å². The van der Waals surface area contributed by atoms with Gasteiger partial charge in [-0.2, -0.15) is 0 Å². The molecule has 66 valence electrons. The number of anilines is 1. The lowest BCUT2D eigenvalue weighted by Crippen LogP contribution is -1.95. The smallest absolute Gasteiger partial charge is 0.147 e. The zero-order valence-corrected chi connectivity index (χ0v) is 9.78. The van der Waals surface area contributed by atoms with E-state index in [1.807, 2.05) is 19.1 Å². The molecular formula is C8H9Br2NO. The Balaban J connectivity index is 3.10. The van der Waals surface area contributed by atoms with Crippen LogP contribution < -0.4 is 10.5 Å². The molecule has 4 heteroatoms. The predicted molar refractivity (Wildman–Crippen MR) is 57.4 cm³/mol. The van der Waals surface area contributed by atoms with Crippen molar-refractivity contribution in [1.29, 1.82) is 0 Å². The first-order valence-electron chi connectivity index (χ1n) is 3.52. The number of halogens is 2. The maximum atomic E-state index is 5.61. The van der Waals surface area contributed by atoms with E-state index in [1.165, 1.54) is 0 Å². The summed E-state index contributed by atoms with van der Waals surface area (Å²) >= 11 is 6.73. The first kappa shape index (κ1) is 9.86. The molecule has 0 amide bonds. The minimum absolute atomic E-state index is 0.640. The second-order valence-corrected chi connectivity index (χ2v) is 3.96. The molecule has 1 rings (SSSR count). The largest absolute Gasteiger partial charge is 0.492 e. The zero-order chi connectivity index (χ0) is 9.14. The standard InChI is InChI=1S/C8H9Br2NO/c1-2-12-8-6(9)3-5(11)4-7(8)10/h3-4H,2,11H2,1H3. The van der Waals surface area contributed by atoms with Crippen LogP contribution in [0, 0.1) is 0 Å². The van der Waals surface area contributed by atoms with Crippen LogP contribution in [0.25, 0.3) is 0 Å². The summed E-state index contributed by atoms with van der Waals surface area (Å²) in [6.07, 6.45) is 0. The minimum atomic E-state index is 0.640. The van der Waals surface area contributed by atoms with Crippen LogP contribution in [0.4, 0.5) is 5.69 Å². The summed E-state index contributed by atoms with van der Waals surface area (Å²) < 4.78 is 7.12. The lowest BCUT2D eigenvalue weighted by atomic mass is 10.3. The number of hydrogen-bond acceptors (Lipinski definition) is 2. The third kappa shape index (κ3) is 2.14. The van der Waals surface area contributed by atoms with E-state index >= 15 is 0 Å². The molecule has 0 radical (unpaired) electrons. The molecular weight excluding hydrogens is 286 g/mol. The number of rotatable bonds is 2. The fourth-order valence-corrected chi connectivity index (χ4v) is 2.31. The van der Waals surface area contributed by atoms with Crippen LogP contribution in [-0.4, -0.2) is 6.61 Å². The molecule has 1 aromatic carbocycles. The monoisotopic (exact) mass is 293 g/mol. The van der Waals surface area contributed by atoms with E-state index in [0.29, 0.717) is 12.3 Å². The Kier molecular flexibility index (Phi) is 3.40. The fraction of sp³-hybridized carbons (Fsp3) is 0.250. The molecule has 2 nitrogen and oxygen atoms in total. The van der Waals surface area contributed by atoms with E-state index in [4.69, 9.17) is 10.5 Å². The molecule has 0 atom stereocenters. The minimum Gasteiger partial charge on any atom is -0.492 e. The van der Waals surface area contributed by atoms with Gasteiger partial charge >= 0.3 is 0 Å². The molecule has 0 saturated heterocycles. The topological polar surface area (TPSA) is 35.2 Å². The van der Waals surface area contributed by atoms with Crippen LogP contribution >= 0.6 is 31.9 Å². The molecule has 1 aromatic rings. The summed E-state index contributed by atoms with van der Waals surface area (Å²) in [4.78, 5) is 0. The van der Waals surface area contributed by atoms with Gasteiger partial charge in [0, 0.05) is 5.69 Å². The van der Waals surface area contributed by atoms with Crippen LogP contribution in [0.1, 0.15) is 6.92 Å². The van der Waals surface area contributed by atoms with Crippen molar-refractivity contribution >= 4 is 37.5 Å². The zero-order valence-electron chi connectivity index (χ0n) is 6.60. The van der Waals surface area contributed by atoms with Gasteiger partial charge in [-0.05, 0) is 50.9 Å². The van der Waals surface area contributed by atoms with Gasteiger partial charge in [0.05, 0.1) is 15.6 Å². The molecule has 0 aliphatic heterocycles. The van der Waals surface area contributed by atoms with Crippen LogP contribution in [-0.2, 0) is 0 Å². The Morgan fingerprint density at radius 2 is 1.83 bits per heavy atom. The molecule has 0 heterocycles. The van der Waals surface area contributed by atoms with Gasteiger partial charge in [0.25, 0.3) is 0 Å². The average Bonchev–Trinajstić information content (AvgIpc) is 1.96. The quantitative estimate of drug-likeness (QED) is 0.850. The Morgan fingerprint density at radius 3 is 2.25 bits per heavy atom. The van der Waals surface area contributed by atoms with Crippen molar-refractivity contribution in [3.63, 3.8) is 0 Å². The molecule has 12 heavy (non-hydrogen) atoms. The lowest BCUT2D eigenvalue weighted by Gasteiger charge is -2.08. The predicted octanol–water partition coefficient (Wildman–Crippen LogP) is 3.19. The molecule has 0 aliphatic carbocycles. The van der Waals surface area contributed by atoms with Crippen molar-refractivity contribution in [1.82, 2.24) is 0 Å². The van der Waals surface area contributed by atoms with Crippen molar-refractivity contribution in [2.75, 3.05) is 12.3 Å². The van der Waals surface area contributed by atoms with Gasteiger partial charge in [-0.25, -0.2) is 0 Å². The SMILES string of the molecule is CCOc1c(Br)cc(N)cc1Br. The molecule has 0 bridgehead atoms. The number of ether oxygens (including phenoxy) is 1. The van der Waals surface area contributed by atoms with Gasteiger partial charge in [0.2, 0.25) is 0 Å². The highest BCUT2D eigenvalue weighted by atomic mass is 79.9. The van der Waals surface area contributed by atoms with Crippen LogP contribution in [0.5, 0.6) is 5.75 Å². The number of benzene rings is 1. The van der Waals surface area contributed by atoms with Crippen molar-refractivity contribution < 1.29 is 4.74 Å². The molecule has 0 aliphatic rings. The number of nitrogen functional groups attached to an aromatic ring is 1. The van der Waals surface area contributed by atoms with E-state index in [-0.39, 0.29) is 0 Å². The summed E-state index contributed by atoms with van der Waals surface area (Å²) in [5.74, 6) is 0.798. The highest BCUT2D eigenvalue weighted by molar-refractivity contribution is 9.11.